The van der Waals surface area contributed by atoms with Crippen molar-refractivity contribution in [1.29, 1.82) is 0 Å². The minimum absolute atomic E-state index is 0.0660. The number of hydrogen-bond acceptors (Lipinski definition) is 4. The zero-order valence-electron chi connectivity index (χ0n) is 11.1. The average Bonchev–Trinajstić information content (AvgIpc) is 2.53. The van der Waals surface area contributed by atoms with Crippen LogP contribution < -0.4 is 4.74 Å². The van der Waals surface area contributed by atoms with Gasteiger partial charge in [-0.05, 0) is 23.8 Å². The van der Waals surface area contributed by atoms with Crippen molar-refractivity contribution in [2.24, 2.45) is 0 Å². The van der Waals surface area contributed by atoms with Gasteiger partial charge in [0.1, 0.15) is 12.4 Å². The van der Waals surface area contributed by atoms with Gasteiger partial charge in [0.05, 0.1) is 10.4 Å². The maximum absolute atomic E-state index is 10.7. The highest BCUT2D eigenvalue weighted by molar-refractivity contribution is 5.79. The average molecular weight is 280 g/mol. The molecule has 3 aromatic rings. The summed E-state index contributed by atoms with van der Waals surface area (Å²) in [4.78, 5) is 14.6. The van der Waals surface area contributed by atoms with Crippen LogP contribution in [0.25, 0.3) is 10.9 Å². The Balaban J connectivity index is 1.77. The fourth-order valence-corrected chi connectivity index (χ4v) is 2.06. The molecule has 1 aromatic heterocycles. The molecule has 0 radical (unpaired) electrons. The number of nitro groups is 1. The van der Waals surface area contributed by atoms with Gasteiger partial charge < -0.3 is 4.74 Å². The topological polar surface area (TPSA) is 65.3 Å². The number of aromatic nitrogens is 1. The lowest BCUT2D eigenvalue weighted by molar-refractivity contribution is -0.384. The molecule has 0 saturated carbocycles. The van der Waals surface area contributed by atoms with Crippen molar-refractivity contribution in [3.8, 4) is 5.75 Å². The van der Waals surface area contributed by atoms with Gasteiger partial charge in [0, 0.05) is 29.8 Å². The molecule has 104 valence electrons. The minimum Gasteiger partial charge on any atom is -0.489 e. The Labute approximate surface area is 121 Å². The molecule has 5 heteroatoms. The molecule has 1 heterocycles. The fourth-order valence-electron chi connectivity index (χ4n) is 2.06. The Hall–Kier alpha value is -2.95. The van der Waals surface area contributed by atoms with Gasteiger partial charge in [0.25, 0.3) is 5.69 Å². The van der Waals surface area contributed by atoms with Crippen molar-refractivity contribution < 1.29 is 9.66 Å². The highest BCUT2D eigenvalue weighted by Crippen LogP contribution is 2.20. The fraction of sp³-hybridized carbons (Fsp3) is 0.0625. The molecule has 0 bridgehead atoms. The van der Waals surface area contributed by atoms with Gasteiger partial charge in [0.15, 0.2) is 0 Å². The first-order valence-corrected chi connectivity index (χ1v) is 6.43. The summed E-state index contributed by atoms with van der Waals surface area (Å²) in [6.45, 7) is 0.278. The van der Waals surface area contributed by atoms with Gasteiger partial charge in [-0.3, -0.25) is 15.1 Å². The van der Waals surface area contributed by atoms with Crippen LogP contribution in [0.5, 0.6) is 5.75 Å². The Morgan fingerprint density at radius 2 is 2.00 bits per heavy atom. The van der Waals surface area contributed by atoms with E-state index in [-0.39, 0.29) is 12.3 Å². The van der Waals surface area contributed by atoms with E-state index in [0.29, 0.717) is 5.75 Å². The van der Waals surface area contributed by atoms with Gasteiger partial charge in [-0.15, -0.1) is 0 Å². The van der Waals surface area contributed by atoms with E-state index in [2.05, 4.69) is 4.98 Å². The molecule has 0 fully saturated rings. The highest BCUT2D eigenvalue weighted by Gasteiger charge is 2.06. The van der Waals surface area contributed by atoms with Gasteiger partial charge in [-0.1, -0.05) is 18.2 Å². The molecule has 5 nitrogen and oxygen atoms in total. The lowest BCUT2D eigenvalue weighted by atomic mass is 10.2. The molecule has 0 saturated heterocycles. The summed E-state index contributed by atoms with van der Waals surface area (Å²) in [5, 5.41) is 11.8. The van der Waals surface area contributed by atoms with Crippen LogP contribution in [0.1, 0.15) is 5.56 Å². The molecule has 0 unspecified atom stereocenters. The predicted molar refractivity (Wildman–Crippen MR) is 79.2 cm³/mol. The third-order valence-electron chi connectivity index (χ3n) is 3.10. The molecule has 2 aromatic carbocycles. The van der Waals surface area contributed by atoms with Crippen LogP contribution in [0.4, 0.5) is 5.69 Å². The zero-order valence-corrected chi connectivity index (χ0v) is 11.1. The molecule has 0 aliphatic carbocycles. The first-order chi connectivity index (χ1) is 10.2. The Kier molecular flexibility index (Phi) is 3.47. The van der Waals surface area contributed by atoms with Gasteiger partial charge in [-0.25, -0.2) is 0 Å². The van der Waals surface area contributed by atoms with Crippen molar-refractivity contribution >= 4 is 16.6 Å². The van der Waals surface area contributed by atoms with E-state index in [0.717, 1.165) is 16.5 Å². The van der Waals surface area contributed by atoms with E-state index in [1.165, 1.54) is 12.1 Å². The van der Waals surface area contributed by atoms with Crippen LogP contribution in [0.2, 0.25) is 0 Å². The van der Waals surface area contributed by atoms with E-state index < -0.39 is 4.92 Å². The smallest absolute Gasteiger partial charge is 0.269 e. The summed E-state index contributed by atoms with van der Waals surface area (Å²) in [5.74, 6) is 0.688. The van der Waals surface area contributed by atoms with E-state index in [9.17, 15) is 10.1 Å². The number of pyridine rings is 1. The molecule has 0 aliphatic heterocycles. The third-order valence-corrected chi connectivity index (χ3v) is 3.10. The number of non-ortho nitro benzene ring substituents is 1. The minimum atomic E-state index is -0.413. The first kappa shape index (κ1) is 13.1. The number of nitrogens with zero attached hydrogens (tertiary/aromatic N) is 2. The normalized spacial score (nSPS) is 10.5. The lowest BCUT2D eigenvalue weighted by Crippen LogP contribution is -1.97. The van der Waals surface area contributed by atoms with Crippen molar-refractivity contribution in [3.05, 3.63) is 76.5 Å². The second kappa shape index (κ2) is 5.58. The van der Waals surface area contributed by atoms with Crippen molar-refractivity contribution in [2.75, 3.05) is 0 Å². The lowest BCUT2D eigenvalue weighted by Gasteiger charge is -2.07. The monoisotopic (exact) mass is 280 g/mol. The molecular formula is C16H12N2O3. The number of hydrogen-bond donors (Lipinski definition) is 0. The number of fused-ring (bicyclic) bond motifs is 1. The summed E-state index contributed by atoms with van der Waals surface area (Å²) in [6, 6.07) is 15.9. The van der Waals surface area contributed by atoms with Crippen molar-refractivity contribution in [3.63, 3.8) is 0 Å². The summed E-state index contributed by atoms with van der Waals surface area (Å²) in [7, 11) is 0. The van der Waals surface area contributed by atoms with E-state index >= 15 is 0 Å². The summed E-state index contributed by atoms with van der Waals surface area (Å²) < 4.78 is 5.67. The molecule has 0 N–H and O–H groups in total. The van der Waals surface area contributed by atoms with Crippen molar-refractivity contribution in [2.45, 2.75) is 6.61 Å². The maximum Gasteiger partial charge on any atom is 0.269 e. The van der Waals surface area contributed by atoms with Crippen LogP contribution in [-0.4, -0.2) is 9.91 Å². The second-order valence-corrected chi connectivity index (χ2v) is 4.57. The molecule has 0 amide bonds. The van der Waals surface area contributed by atoms with Crippen molar-refractivity contribution in [1.82, 2.24) is 4.98 Å². The molecular weight excluding hydrogens is 268 g/mol. The molecule has 0 aliphatic rings. The van der Waals surface area contributed by atoms with E-state index in [4.69, 9.17) is 4.74 Å². The summed E-state index contributed by atoms with van der Waals surface area (Å²) in [6.07, 6.45) is 1.73. The standard InChI is InChI=1S/C16H12N2O3/c19-18(20)14-5-1-3-12(9-14)11-21-15-7-6-13-4-2-8-17-16(13)10-15/h1-10H,11H2. The quantitative estimate of drug-likeness (QED) is 0.539. The van der Waals surface area contributed by atoms with Gasteiger partial charge in [0.2, 0.25) is 0 Å². The van der Waals surface area contributed by atoms with Crippen LogP contribution >= 0.6 is 0 Å². The third kappa shape index (κ3) is 2.97. The van der Waals surface area contributed by atoms with Crippen LogP contribution in [-0.2, 0) is 6.61 Å². The number of rotatable bonds is 4. The number of benzene rings is 2. The van der Waals surface area contributed by atoms with E-state index in [1.54, 1.807) is 18.3 Å². The Bertz CT molecular complexity index is 802. The molecule has 0 atom stereocenters. The summed E-state index contributed by atoms with van der Waals surface area (Å²) >= 11 is 0. The highest BCUT2D eigenvalue weighted by atomic mass is 16.6. The Morgan fingerprint density at radius 1 is 1.10 bits per heavy atom. The predicted octanol–water partition coefficient (Wildman–Crippen LogP) is 3.72. The SMILES string of the molecule is O=[N+]([O-])c1cccc(COc2ccc3cccnc3c2)c1. The van der Waals surface area contributed by atoms with Gasteiger partial charge >= 0.3 is 0 Å². The molecule has 0 spiro atoms. The maximum atomic E-state index is 10.7. The van der Waals surface area contributed by atoms with Crippen LogP contribution in [0.15, 0.2) is 60.8 Å². The van der Waals surface area contributed by atoms with Crippen LogP contribution in [0, 0.1) is 10.1 Å². The van der Waals surface area contributed by atoms with Crippen LogP contribution in [0.3, 0.4) is 0 Å². The number of ether oxygens (including phenoxy) is 1. The first-order valence-electron chi connectivity index (χ1n) is 6.43. The summed E-state index contributed by atoms with van der Waals surface area (Å²) in [5.41, 5.74) is 1.68. The van der Waals surface area contributed by atoms with Gasteiger partial charge in [-0.2, -0.15) is 0 Å². The second-order valence-electron chi connectivity index (χ2n) is 4.57. The molecule has 21 heavy (non-hydrogen) atoms. The number of nitro benzene ring substituents is 1. The van der Waals surface area contributed by atoms with E-state index in [1.807, 2.05) is 30.3 Å². The Morgan fingerprint density at radius 3 is 2.86 bits per heavy atom. The molecule has 3 rings (SSSR count). The largest absolute Gasteiger partial charge is 0.489 e. The zero-order chi connectivity index (χ0) is 14.7.